The van der Waals surface area contributed by atoms with Crippen molar-refractivity contribution in [1.82, 2.24) is 15.3 Å². The predicted octanol–water partition coefficient (Wildman–Crippen LogP) is 1.83. The third kappa shape index (κ3) is 4.91. The van der Waals surface area contributed by atoms with Gasteiger partial charge in [-0.25, -0.2) is 9.97 Å². The quantitative estimate of drug-likeness (QED) is 0.644. The zero-order valence-corrected chi connectivity index (χ0v) is 14.9. The van der Waals surface area contributed by atoms with Gasteiger partial charge in [0.15, 0.2) is 5.16 Å². The van der Waals surface area contributed by atoms with Gasteiger partial charge in [0.05, 0.1) is 12.4 Å². The number of amides is 1. The van der Waals surface area contributed by atoms with Crippen molar-refractivity contribution in [3.63, 3.8) is 0 Å². The van der Waals surface area contributed by atoms with Gasteiger partial charge >= 0.3 is 0 Å². The lowest BCUT2D eigenvalue weighted by molar-refractivity contribution is -0.121. The highest BCUT2D eigenvalue weighted by atomic mass is 32.2. The molecule has 0 radical (unpaired) electrons. The summed E-state index contributed by atoms with van der Waals surface area (Å²) in [7, 11) is 0. The highest BCUT2D eigenvalue weighted by Gasteiger charge is 2.34. The van der Waals surface area contributed by atoms with E-state index in [0.29, 0.717) is 22.7 Å². The molecular weight excluding hydrogens is 326 g/mol. The molecule has 0 aromatic carbocycles. The molecule has 0 aliphatic carbocycles. The smallest absolute Gasteiger partial charge is 0.230 e. The Morgan fingerprint density at radius 1 is 1.29 bits per heavy atom. The number of carbonyl (C=O) groups is 1. The molecule has 0 bridgehead atoms. The van der Waals surface area contributed by atoms with Crippen LogP contribution in [-0.2, 0) is 14.3 Å². The molecule has 3 rings (SSSR count). The molecule has 2 aliphatic rings. The first-order chi connectivity index (χ1) is 11.7. The van der Waals surface area contributed by atoms with Crippen LogP contribution in [0.25, 0.3) is 0 Å². The Morgan fingerprint density at radius 3 is 2.88 bits per heavy atom. The van der Waals surface area contributed by atoms with E-state index in [1.807, 2.05) is 13.0 Å². The van der Waals surface area contributed by atoms with Crippen molar-refractivity contribution >= 4 is 17.7 Å². The van der Waals surface area contributed by atoms with Crippen molar-refractivity contribution in [2.45, 2.75) is 37.4 Å². The second-order valence-corrected chi connectivity index (χ2v) is 7.36. The maximum atomic E-state index is 12.3. The lowest BCUT2D eigenvalue weighted by Gasteiger charge is -2.39. The summed E-state index contributed by atoms with van der Waals surface area (Å²) in [5, 5.41) is 3.87. The van der Waals surface area contributed by atoms with Crippen molar-refractivity contribution in [3.05, 3.63) is 18.0 Å². The number of aryl methyl sites for hydroxylation is 1. The Kier molecular flexibility index (Phi) is 6.45. The average Bonchev–Trinajstić information content (AvgIpc) is 2.61. The van der Waals surface area contributed by atoms with E-state index < -0.39 is 0 Å². The van der Waals surface area contributed by atoms with Crippen LogP contribution < -0.4 is 5.32 Å². The Hall–Kier alpha value is -1.18. The fraction of sp³-hybridized carbons (Fsp3) is 0.706. The van der Waals surface area contributed by atoms with Crippen molar-refractivity contribution in [3.8, 4) is 0 Å². The fourth-order valence-electron chi connectivity index (χ4n) is 3.42. The maximum absolute atomic E-state index is 12.3. The van der Waals surface area contributed by atoms with Gasteiger partial charge in [-0.1, -0.05) is 11.8 Å². The van der Waals surface area contributed by atoms with Crippen molar-refractivity contribution in [2.75, 3.05) is 32.2 Å². The summed E-state index contributed by atoms with van der Waals surface area (Å²) >= 11 is 1.38. The van der Waals surface area contributed by atoms with Crippen LogP contribution in [0.5, 0.6) is 0 Å². The van der Waals surface area contributed by atoms with Crippen LogP contribution in [0.3, 0.4) is 0 Å². The van der Waals surface area contributed by atoms with E-state index in [1.54, 1.807) is 6.20 Å². The van der Waals surface area contributed by atoms with Crippen molar-refractivity contribution in [2.24, 2.45) is 11.8 Å². The lowest BCUT2D eigenvalue weighted by atomic mass is 9.79. The number of aromatic nitrogens is 2. The van der Waals surface area contributed by atoms with Gasteiger partial charge in [0, 0.05) is 43.7 Å². The molecule has 24 heavy (non-hydrogen) atoms. The number of thioether (sulfide) groups is 1. The predicted molar refractivity (Wildman–Crippen MR) is 91.9 cm³/mol. The Balaban J connectivity index is 1.51. The van der Waals surface area contributed by atoms with Crippen LogP contribution >= 0.6 is 11.8 Å². The van der Waals surface area contributed by atoms with E-state index in [9.17, 15) is 4.79 Å². The fourth-order valence-corrected chi connectivity index (χ4v) is 4.11. The first kappa shape index (κ1) is 17.6. The van der Waals surface area contributed by atoms with Gasteiger partial charge in [0.25, 0.3) is 0 Å². The largest absolute Gasteiger partial charge is 0.381 e. The molecule has 2 atom stereocenters. The van der Waals surface area contributed by atoms with Gasteiger partial charge in [-0.2, -0.15) is 0 Å². The van der Waals surface area contributed by atoms with Gasteiger partial charge in [-0.3, -0.25) is 4.79 Å². The minimum Gasteiger partial charge on any atom is -0.381 e. The Bertz CT molecular complexity index is 552. The second-order valence-electron chi connectivity index (χ2n) is 6.42. The SMILES string of the molecule is Cc1ccnc(SCC(=O)N[C@@H]2CCOC[C@@H]2C2CCOCC2)n1. The first-order valence-electron chi connectivity index (χ1n) is 8.59. The molecule has 1 aromatic heterocycles. The van der Waals surface area contributed by atoms with Crippen LogP contribution in [0, 0.1) is 18.8 Å². The highest BCUT2D eigenvalue weighted by molar-refractivity contribution is 7.99. The molecule has 0 spiro atoms. The van der Waals surface area contributed by atoms with Crippen LogP contribution in [0.2, 0.25) is 0 Å². The normalized spacial score (nSPS) is 25.4. The zero-order chi connectivity index (χ0) is 16.8. The van der Waals surface area contributed by atoms with Crippen LogP contribution in [0.1, 0.15) is 25.0 Å². The van der Waals surface area contributed by atoms with Gasteiger partial charge in [-0.15, -0.1) is 0 Å². The summed E-state index contributed by atoms with van der Waals surface area (Å²) in [5.41, 5.74) is 0.914. The standard InChI is InChI=1S/C17H25N3O3S/c1-12-2-6-18-17(19-12)24-11-16(21)20-15-5-9-23-10-14(15)13-3-7-22-8-4-13/h2,6,13-15H,3-5,7-11H2,1H3,(H,20,21)/t14-,15-/m1/s1. The van der Waals surface area contributed by atoms with E-state index in [2.05, 4.69) is 15.3 Å². The second kappa shape index (κ2) is 8.78. The highest BCUT2D eigenvalue weighted by Crippen LogP contribution is 2.30. The Morgan fingerprint density at radius 2 is 2.08 bits per heavy atom. The minimum absolute atomic E-state index is 0.0501. The maximum Gasteiger partial charge on any atom is 0.230 e. The molecule has 2 aliphatic heterocycles. The Labute approximate surface area is 147 Å². The molecule has 6 nitrogen and oxygen atoms in total. The first-order valence-corrected chi connectivity index (χ1v) is 9.58. The van der Waals surface area contributed by atoms with Crippen molar-refractivity contribution < 1.29 is 14.3 Å². The summed E-state index contributed by atoms with van der Waals surface area (Å²) in [6.45, 7) is 5.03. The van der Waals surface area contributed by atoms with Crippen LogP contribution in [-0.4, -0.2) is 54.1 Å². The third-order valence-electron chi connectivity index (χ3n) is 4.72. The minimum atomic E-state index is 0.0501. The lowest BCUT2D eigenvalue weighted by Crippen LogP contribution is -2.49. The molecular formula is C17H25N3O3S. The van der Waals surface area contributed by atoms with Crippen LogP contribution in [0.15, 0.2) is 17.4 Å². The number of ether oxygens (including phenoxy) is 2. The molecule has 132 valence electrons. The molecule has 3 heterocycles. The van der Waals surface area contributed by atoms with E-state index in [1.165, 1.54) is 11.8 Å². The number of rotatable bonds is 5. The topological polar surface area (TPSA) is 73.3 Å². The number of nitrogens with one attached hydrogen (secondary N) is 1. The molecule has 2 fully saturated rings. The molecule has 0 saturated carbocycles. The molecule has 2 saturated heterocycles. The van der Waals surface area contributed by atoms with Gasteiger partial charge in [0.1, 0.15) is 0 Å². The summed E-state index contributed by atoms with van der Waals surface area (Å²) in [5.74, 6) is 1.37. The summed E-state index contributed by atoms with van der Waals surface area (Å²) in [6, 6.07) is 2.05. The third-order valence-corrected chi connectivity index (χ3v) is 5.58. The number of hydrogen-bond donors (Lipinski definition) is 1. The molecule has 1 N–H and O–H groups in total. The zero-order valence-electron chi connectivity index (χ0n) is 14.1. The number of hydrogen-bond acceptors (Lipinski definition) is 6. The van der Waals surface area contributed by atoms with Crippen molar-refractivity contribution in [1.29, 1.82) is 0 Å². The monoisotopic (exact) mass is 351 g/mol. The van der Waals surface area contributed by atoms with E-state index in [0.717, 1.165) is 51.4 Å². The van der Waals surface area contributed by atoms with Gasteiger partial charge in [0.2, 0.25) is 5.91 Å². The molecule has 7 heteroatoms. The number of carbonyl (C=O) groups excluding carboxylic acids is 1. The van der Waals surface area contributed by atoms with E-state index in [-0.39, 0.29) is 11.9 Å². The number of nitrogens with zero attached hydrogens (tertiary/aromatic N) is 2. The summed E-state index contributed by atoms with van der Waals surface area (Å²) in [4.78, 5) is 20.8. The average molecular weight is 351 g/mol. The van der Waals surface area contributed by atoms with Gasteiger partial charge in [-0.05, 0) is 38.2 Å². The summed E-state index contributed by atoms with van der Waals surface area (Å²) in [6.07, 6.45) is 4.74. The summed E-state index contributed by atoms with van der Waals surface area (Å²) < 4.78 is 11.1. The molecule has 1 aromatic rings. The van der Waals surface area contributed by atoms with Gasteiger partial charge < -0.3 is 14.8 Å². The molecule has 0 unspecified atom stereocenters. The van der Waals surface area contributed by atoms with Crippen LogP contribution in [0.4, 0.5) is 0 Å². The van der Waals surface area contributed by atoms with E-state index in [4.69, 9.17) is 9.47 Å². The molecule has 1 amide bonds. The van der Waals surface area contributed by atoms with E-state index >= 15 is 0 Å².